The summed E-state index contributed by atoms with van der Waals surface area (Å²) in [5.74, 6) is -0.424. The van der Waals surface area contributed by atoms with Crippen LogP contribution in [0.2, 0.25) is 5.02 Å². The predicted octanol–water partition coefficient (Wildman–Crippen LogP) is 3.87. The molecular weight excluding hydrogens is 577 g/mol. The molecule has 0 spiro atoms. The maximum atomic E-state index is 13.2. The third-order valence-electron chi connectivity index (χ3n) is 6.12. The minimum atomic E-state index is -4.95. The Morgan fingerprint density at radius 3 is 2.55 bits per heavy atom. The molecule has 0 saturated carbocycles. The second kappa shape index (κ2) is 11.6. The number of carbonyl (C=O) groups excluding carboxylic acids is 1. The summed E-state index contributed by atoms with van der Waals surface area (Å²) in [7, 11) is 0. The lowest BCUT2D eigenvalue weighted by molar-refractivity contribution is -0.207. The first-order valence-electron chi connectivity index (χ1n) is 12.4. The van der Waals surface area contributed by atoms with Crippen molar-refractivity contribution in [3.63, 3.8) is 0 Å². The Morgan fingerprint density at radius 1 is 1.10 bits per heavy atom. The largest absolute Gasteiger partial charge is 0.416 e. The summed E-state index contributed by atoms with van der Waals surface area (Å²) >= 11 is 5.93. The van der Waals surface area contributed by atoms with E-state index in [1.807, 2.05) is 6.92 Å². The van der Waals surface area contributed by atoms with Crippen molar-refractivity contribution >= 4 is 23.2 Å². The standard InChI is InChI=1S/C27H22ClF3N8O3/c1-16-10-19(12-32-11-16)34-25(41)20-4-2-3-5-21(20)39-15-33-23(35-39)14-38-26(42)37(13-22(40)27(29,30)31)24(36-38)17-6-8-18(28)9-7-17/h2-12,15,22,40H,13-14H2,1H3,(H,34,41). The van der Waals surface area contributed by atoms with E-state index in [1.165, 1.54) is 41.5 Å². The Hall–Kier alpha value is -4.82. The first-order valence-corrected chi connectivity index (χ1v) is 12.8. The highest BCUT2D eigenvalue weighted by molar-refractivity contribution is 6.30. The molecule has 5 aromatic rings. The van der Waals surface area contributed by atoms with E-state index >= 15 is 0 Å². The van der Waals surface area contributed by atoms with Crippen LogP contribution in [0.3, 0.4) is 0 Å². The Kier molecular flexibility index (Phi) is 7.91. The van der Waals surface area contributed by atoms with Gasteiger partial charge in [-0.3, -0.25) is 14.3 Å². The van der Waals surface area contributed by atoms with Gasteiger partial charge in [0.15, 0.2) is 17.8 Å². The van der Waals surface area contributed by atoms with Gasteiger partial charge in [-0.1, -0.05) is 23.7 Å². The molecule has 1 atom stereocenters. The highest BCUT2D eigenvalue weighted by atomic mass is 35.5. The number of alkyl halides is 3. The molecule has 0 bridgehead atoms. The van der Waals surface area contributed by atoms with Crippen LogP contribution in [0.5, 0.6) is 0 Å². The van der Waals surface area contributed by atoms with Crippen molar-refractivity contribution in [2.24, 2.45) is 0 Å². The van der Waals surface area contributed by atoms with Gasteiger partial charge in [-0.25, -0.2) is 19.1 Å². The topological polar surface area (TPSA) is 133 Å². The number of rotatable bonds is 8. The number of benzene rings is 2. The van der Waals surface area contributed by atoms with Gasteiger partial charge in [-0.05, 0) is 55.0 Å². The molecule has 2 aromatic carbocycles. The van der Waals surface area contributed by atoms with Crippen LogP contribution < -0.4 is 11.0 Å². The van der Waals surface area contributed by atoms with Crippen molar-refractivity contribution < 1.29 is 23.1 Å². The maximum Gasteiger partial charge on any atom is 0.416 e. The third-order valence-corrected chi connectivity index (χ3v) is 6.37. The summed E-state index contributed by atoms with van der Waals surface area (Å²) < 4.78 is 42.4. The van der Waals surface area contributed by atoms with Crippen LogP contribution in [0.25, 0.3) is 17.1 Å². The molecule has 1 unspecified atom stereocenters. The number of nitrogens with zero attached hydrogens (tertiary/aromatic N) is 7. The second-order valence-electron chi connectivity index (χ2n) is 9.27. The smallest absolute Gasteiger partial charge is 0.382 e. The van der Waals surface area contributed by atoms with Gasteiger partial charge in [0.2, 0.25) is 0 Å². The maximum absolute atomic E-state index is 13.2. The fourth-order valence-electron chi connectivity index (χ4n) is 4.10. The fraction of sp³-hybridized carbons (Fsp3) is 0.185. The molecule has 42 heavy (non-hydrogen) atoms. The predicted molar refractivity (Wildman–Crippen MR) is 146 cm³/mol. The van der Waals surface area contributed by atoms with E-state index in [2.05, 4.69) is 25.5 Å². The lowest BCUT2D eigenvalue weighted by Crippen LogP contribution is -2.37. The van der Waals surface area contributed by atoms with Gasteiger partial charge in [-0.2, -0.15) is 13.2 Å². The summed E-state index contributed by atoms with van der Waals surface area (Å²) in [4.78, 5) is 34.5. The summed E-state index contributed by atoms with van der Waals surface area (Å²) in [5, 5.41) is 21.4. The number of hydrogen-bond donors (Lipinski definition) is 2. The van der Waals surface area contributed by atoms with E-state index < -0.39 is 30.4 Å². The molecule has 216 valence electrons. The molecule has 3 heterocycles. The van der Waals surface area contributed by atoms with E-state index in [0.717, 1.165) is 14.8 Å². The second-order valence-corrected chi connectivity index (χ2v) is 9.70. The molecule has 0 radical (unpaired) electrons. The van der Waals surface area contributed by atoms with Crippen LogP contribution in [-0.2, 0) is 13.1 Å². The fourth-order valence-corrected chi connectivity index (χ4v) is 4.23. The highest BCUT2D eigenvalue weighted by Crippen LogP contribution is 2.24. The highest BCUT2D eigenvalue weighted by Gasteiger charge is 2.39. The monoisotopic (exact) mass is 598 g/mol. The zero-order valence-corrected chi connectivity index (χ0v) is 22.6. The molecule has 5 rings (SSSR count). The van der Waals surface area contributed by atoms with Crippen molar-refractivity contribution in [2.75, 3.05) is 5.32 Å². The molecular formula is C27H22ClF3N8O3. The third kappa shape index (κ3) is 6.24. The number of aliphatic hydroxyl groups excluding tert-OH is 1. The summed E-state index contributed by atoms with van der Waals surface area (Å²) in [6.45, 7) is 0.477. The number of aromatic nitrogens is 7. The molecule has 0 fully saturated rings. The number of pyridine rings is 1. The van der Waals surface area contributed by atoms with E-state index in [-0.39, 0.29) is 23.8 Å². The Morgan fingerprint density at radius 2 is 1.83 bits per heavy atom. The average Bonchev–Trinajstić information content (AvgIpc) is 3.53. The minimum Gasteiger partial charge on any atom is -0.382 e. The molecule has 1 amide bonds. The lowest BCUT2D eigenvalue weighted by Gasteiger charge is -2.15. The van der Waals surface area contributed by atoms with Crippen LogP contribution >= 0.6 is 11.6 Å². The normalized spacial score (nSPS) is 12.3. The number of amides is 1. The minimum absolute atomic E-state index is 0.0962. The van der Waals surface area contributed by atoms with Gasteiger partial charge >= 0.3 is 11.9 Å². The Balaban J connectivity index is 1.44. The molecule has 15 heteroatoms. The number of carbonyl (C=O) groups is 1. The first kappa shape index (κ1) is 28.7. The van der Waals surface area contributed by atoms with Crippen molar-refractivity contribution in [3.8, 4) is 17.1 Å². The lowest BCUT2D eigenvalue weighted by atomic mass is 10.1. The van der Waals surface area contributed by atoms with Gasteiger partial charge in [-0.15, -0.1) is 10.2 Å². The van der Waals surface area contributed by atoms with Gasteiger partial charge in [0.05, 0.1) is 29.7 Å². The van der Waals surface area contributed by atoms with E-state index in [0.29, 0.717) is 22.0 Å². The van der Waals surface area contributed by atoms with E-state index in [4.69, 9.17) is 11.6 Å². The van der Waals surface area contributed by atoms with Crippen LogP contribution in [-0.4, -0.2) is 57.4 Å². The number of aliphatic hydroxyl groups is 1. The zero-order chi connectivity index (χ0) is 30.0. The van der Waals surface area contributed by atoms with Crippen LogP contribution in [0.4, 0.5) is 18.9 Å². The van der Waals surface area contributed by atoms with Gasteiger partial charge in [0.1, 0.15) is 12.9 Å². The van der Waals surface area contributed by atoms with E-state index in [9.17, 15) is 27.9 Å². The van der Waals surface area contributed by atoms with Gasteiger partial charge in [0.25, 0.3) is 5.91 Å². The van der Waals surface area contributed by atoms with Gasteiger partial charge in [0, 0.05) is 16.8 Å². The summed E-state index contributed by atoms with van der Waals surface area (Å²) in [5.41, 5.74) is 1.45. The molecule has 3 aromatic heterocycles. The van der Waals surface area contributed by atoms with Crippen molar-refractivity contribution in [1.29, 1.82) is 0 Å². The molecule has 0 aliphatic rings. The first-order chi connectivity index (χ1) is 20.0. The number of para-hydroxylation sites is 1. The SMILES string of the molecule is Cc1cncc(NC(=O)c2ccccc2-n2cnc(Cn3nc(-c4ccc(Cl)cc4)n(CC(O)C(F)(F)F)c3=O)n2)c1. The quantitative estimate of drug-likeness (QED) is 0.277. The number of nitrogens with one attached hydrogen (secondary N) is 1. The van der Waals surface area contributed by atoms with Crippen molar-refractivity contribution in [2.45, 2.75) is 32.3 Å². The molecule has 0 aliphatic heterocycles. The number of hydrogen-bond acceptors (Lipinski definition) is 7. The zero-order valence-electron chi connectivity index (χ0n) is 21.8. The molecule has 11 nitrogen and oxygen atoms in total. The molecule has 0 saturated heterocycles. The van der Waals surface area contributed by atoms with Crippen molar-refractivity contribution in [1.82, 2.24) is 34.1 Å². The average molecular weight is 599 g/mol. The van der Waals surface area contributed by atoms with E-state index in [1.54, 1.807) is 36.5 Å². The number of halogens is 4. The van der Waals surface area contributed by atoms with Crippen LogP contribution in [0.15, 0.2) is 78.1 Å². The van der Waals surface area contributed by atoms with Crippen LogP contribution in [0.1, 0.15) is 21.7 Å². The van der Waals surface area contributed by atoms with Crippen molar-refractivity contribution in [3.05, 3.63) is 106 Å². The number of anilines is 1. The summed E-state index contributed by atoms with van der Waals surface area (Å²) in [6.07, 6.45) is -3.23. The number of aryl methyl sites for hydroxylation is 1. The van der Waals surface area contributed by atoms with Gasteiger partial charge < -0.3 is 10.4 Å². The van der Waals surface area contributed by atoms with Crippen LogP contribution in [0, 0.1) is 6.92 Å². The Bertz CT molecular complexity index is 1800. The summed E-state index contributed by atoms with van der Waals surface area (Å²) in [6, 6.07) is 14.4. The molecule has 2 N–H and O–H groups in total. The Labute approximate surface area is 240 Å². The molecule has 0 aliphatic carbocycles.